The molecule has 0 unspecified atom stereocenters. The summed E-state index contributed by atoms with van der Waals surface area (Å²) < 4.78 is 5.07. The maximum Gasteiger partial charge on any atom is 0.306 e. The average Bonchev–Trinajstić information content (AvgIpc) is 2.25. The molecule has 0 saturated heterocycles. The highest BCUT2D eigenvalue weighted by atomic mass is 79.9. The number of esters is 1. The summed E-state index contributed by atoms with van der Waals surface area (Å²) >= 11 is 8.99. The molecule has 0 amide bonds. The largest absolute Gasteiger partial charge is 0.461 e. The molecule has 0 aromatic heterocycles. The molecule has 0 aliphatic heterocycles. The van der Waals surface area contributed by atoms with Crippen molar-refractivity contribution >= 4 is 33.5 Å². The summed E-state index contributed by atoms with van der Waals surface area (Å²) in [7, 11) is 0. The van der Waals surface area contributed by atoms with E-state index in [0.29, 0.717) is 18.1 Å². The predicted molar refractivity (Wildman–Crippen MR) is 64.3 cm³/mol. The number of halogens is 2. The fourth-order valence-electron chi connectivity index (χ4n) is 1.03. The second-order valence-corrected chi connectivity index (χ2v) is 4.31. The van der Waals surface area contributed by atoms with Gasteiger partial charge in [-0.3, -0.25) is 4.79 Å². The molecule has 0 spiro atoms. The molecular formula is C11H12BrClO2. The quantitative estimate of drug-likeness (QED) is 0.612. The van der Waals surface area contributed by atoms with E-state index < -0.39 is 0 Å². The van der Waals surface area contributed by atoms with E-state index in [1.54, 1.807) is 12.1 Å². The van der Waals surface area contributed by atoms with E-state index in [4.69, 9.17) is 16.3 Å². The Hall–Kier alpha value is -0.540. The molecule has 82 valence electrons. The molecule has 1 aromatic rings. The fraction of sp³-hybridized carbons (Fsp3) is 0.364. The van der Waals surface area contributed by atoms with E-state index in [1.165, 1.54) is 0 Å². The van der Waals surface area contributed by atoms with Gasteiger partial charge < -0.3 is 4.74 Å². The van der Waals surface area contributed by atoms with E-state index >= 15 is 0 Å². The van der Waals surface area contributed by atoms with E-state index in [-0.39, 0.29) is 5.97 Å². The van der Waals surface area contributed by atoms with E-state index in [1.807, 2.05) is 12.1 Å². The number of carbonyl (C=O) groups excluding carboxylic acids is 1. The van der Waals surface area contributed by atoms with Gasteiger partial charge in [-0.2, -0.15) is 0 Å². The third kappa shape index (κ3) is 5.19. The zero-order valence-electron chi connectivity index (χ0n) is 8.21. The molecule has 2 nitrogen and oxygen atoms in total. The number of benzene rings is 1. The summed E-state index contributed by atoms with van der Waals surface area (Å²) in [6.07, 6.45) is 1.26. The first-order chi connectivity index (χ1) is 7.22. The minimum atomic E-state index is -0.163. The van der Waals surface area contributed by atoms with Crippen LogP contribution in [-0.2, 0) is 16.1 Å². The van der Waals surface area contributed by atoms with Crippen molar-refractivity contribution in [3.8, 4) is 0 Å². The number of hydrogen-bond donors (Lipinski definition) is 0. The molecule has 0 atom stereocenters. The Morgan fingerprint density at radius 3 is 2.60 bits per heavy atom. The van der Waals surface area contributed by atoms with Crippen molar-refractivity contribution in [3.05, 3.63) is 34.9 Å². The van der Waals surface area contributed by atoms with Crippen LogP contribution in [0.25, 0.3) is 0 Å². The van der Waals surface area contributed by atoms with Crippen molar-refractivity contribution in [1.82, 2.24) is 0 Å². The first kappa shape index (κ1) is 12.5. The van der Waals surface area contributed by atoms with Crippen LogP contribution in [0.2, 0.25) is 5.02 Å². The lowest BCUT2D eigenvalue weighted by Gasteiger charge is -2.04. The van der Waals surface area contributed by atoms with E-state index in [2.05, 4.69) is 15.9 Å². The van der Waals surface area contributed by atoms with Crippen LogP contribution < -0.4 is 0 Å². The third-order valence-corrected chi connectivity index (χ3v) is 2.64. The standard InChI is InChI=1S/C11H12BrClO2/c12-7-1-2-11(14)15-8-9-3-5-10(13)6-4-9/h3-6H,1-2,7-8H2. The number of rotatable bonds is 5. The molecule has 0 aliphatic rings. The van der Waals surface area contributed by atoms with Gasteiger partial charge in [0, 0.05) is 16.8 Å². The second-order valence-electron chi connectivity index (χ2n) is 3.08. The minimum absolute atomic E-state index is 0.163. The van der Waals surface area contributed by atoms with Crippen molar-refractivity contribution in [1.29, 1.82) is 0 Å². The molecule has 0 fully saturated rings. The van der Waals surface area contributed by atoms with Gasteiger partial charge >= 0.3 is 5.97 Å². The highest BCUT2D eigenvalue weighted by Gasteiger charge is 2.02. The minimum Gasteiger partial charge on any atom is -0.461 e. The summed E-state index contributed by atoms with van der Waals surface area (Å²) in [4.78, 5) is 11.2. The summed E-state index contributed by atoms with van der Waals surface area (Å²) in [6.45, 7) is 0.318. The topological polar surface area (TPSA) is 26.3 Å². The summed E-state index contributed by atoms with van der Waals surface area (Å²) in [5, 5.41) is 1.51. The Kier molecular flexibility index (Phi) is 5.73. The molecule has 0 bridgehead atoms. The van der Waals surface area contributed by atoms with Gasteiger partial charge in [0.15, 0.2) is 0 Å². The highest BCUT2D eigenvalue weighted by Crippen LogP contribution is 2.10. The van der Waals surface area contributed by atoms with Crippen LogP contribution in [0.5, 0.6) is 0 Å². The number of hydrogen-bond acceptors (Lipinski definition) is 2. The summed E-state index contributed by atoms with van der Waals surface area (Å²) in [5.41, 5.74) is 0.951. The lowest BCUT2D eigenvalue weighted by molar-refractivity contribution is -0.144. The first-order valence-electron chi connectivity index (χ1n) is 4.68. The molecule has 0 N–H and O–H groups in total. The third-order valence-electron chi connectivity index (χ3n) is 1.83. The fourth-order valence-corrected chi connectivity index (χ4v) is 1.43. The lowest BCUT2D eigenvalue weighted by atomic mass is 10.2. The van der Waals surface area contributed by atoms with Gasteiger partial charge in [0.25, 0.3) is 0 Å². The summed E-state index contributed by atoms with van der Waals surface area (Å²) in [5.74, 6) is -0.163. The van der Waals surface area contributed by atoms with Crippen molar-refractivity contribution in [2.75, 3.05) is 5.33 Å². The van der Waals surface area contributed by atoms with Gasteiger partial charge in [0.2, 0.25) is 0 Å². The van der Waals surface area contributed by atoms with Crippen molar-refractivity contribution in [2.24, 2.45) is 0 Å². The Morgan fingerprint density at radius 2 is 2.00 bits per heavy atom. The van der Waals surface area contributed by atoms with Gasteiger partial charge in [-0.1, -0.05) is 39.7 Å². The maximum absolute atomic E-state index is 11.2. The number of alkyl halides is 1. The Balaban J connectivity index is 2.30. The highest BCUT2D eigenvalue weighted by molar-refractivity contribution is 9.09. The molecular weight excluding hydrogens is 279 g/mol. The Labute approximate surface area is 103 Å². The van der Waals surface area contributed by atoms with Crippen LogP contribution in [0, 0.1) is 0 Å². The van der Waals surface area contributed by atoms with Gasteiger partial charge in [0.1, 0.15) is 6.61 Å². The zero-order chi connectivity index (χ0) is 11.1. The van der Waals surface area contributed by atoms with Crippen LogP contribution in [-0.4, -0.2) is 11.3 Å². The first-order valence-corrected chi connectivity index (χ1v) is 6.18. The van der Waals surface area contributed by atoms with Crippen LogP contribution in [0.15, 0.2) is 24.3 Å². The molecule has 4 heteroatoms. The normalized spacial score (nSPS) is 10.0. The number of carbonyl (C=O) groups is 1. The van der Waals surface area contributed by atoms with Gasteiger partial charge in [-0.25, -0.2) is 0 Å². The van der Waals surface area contributed by atoms with Gasteiger partial charge in [-0.05, 0) is 24.1 Å². The van der Waals surface area contributed by atoms with Crippen LogP contribution in [0.1, 0.15) is 18.4 Å². The molecule has 0 aliphatic carbocycles. The van der Waals surface area contributed by atoms with Crippen molar-refractivity contribution < 1.29 is 9.53 Å². The van der Waals surface area contributed by atoms with Crippen LogP contribution in [0.4, 0.5) is 0 Å². The van der Waals surface area contributed by atoms with Gasteiger partial charge in [0.05, 0.1) is 0 Å². The van der Waals surface area contributed by atoms with Crippen molar-refractivity contribution in [3.63, 3.8) is 0 Å². The molecule has 15 heavy (non-hydrogen) atoms. The van der Waals surface area contributed by atoms with E-state index in [9.17, 15) is 4.79 Å². The smallest absolute Gasteiger partial charge is 0.306 e. The Morgan fingerprint density at radius 1 is 1.33 bits per heavy atom. The Bertz CT molecular complexity index is 311. The molecule has 0 radical (unpaired) electrons. The maximum atomic E-state index is 11.2. The molecule has 0 saturated carbocycles. The SMILES string of the molecule is O=C(CCCBr)OCc1ccc(Cl)cc1. The van der Waals surface area contributed by atoms with Crippen LogP contribution >= 0.6 is 27.5 Å². The average molecular weight is 292 g/mol. The van der Waals surface area contributed by atoms with Gasteiger partial charge in [-0.15, -0.1) is 0 Å². The molecule has 1 rings (SSSR count). The number of ether oxygens (including phenoxy) is 1. The molecule has 0 heterocycles. The monoisotopic (exact) mass is 290 g/mol. The predicted octanol–water partition coefficient (Wildman–Crippen LogP) is 3.56. The molecule has 1 aromatic carbocycles. The summed E-state index contributed by atoms with van der Waals surface area (Å²) in [6, 6.07) is 7.26. The lowest BCUT2D eigenvalue weighted by Crippen LogP contribution is -2.04. The van der Waals surface area contributed by atoms with E-state index in [0.717, 1.165) is 17.3 Å². The van der Waals surface area contributed by atoms with Crippen molar-refractivity contribution in [2.45, 2.75) is 19.4 Å². The van der Waals surface area contributed by atoms with Crippen LogP contribution in [0.3, 0.4) is 0 Å². The second kappa shape index (κ2) is 6.85. The zero-order valence-corrected chi connectivity index (χ0v) is 10.6.